The van der Waals surface area contributed by atoms with Crippen molar-refractivity contribution in [2.75, 3.05) is 0 Å². The molecule has 0 fully saturated rings. The molecule has 37 heavy (non-hydrogen) atoms. The Morgan fingerprint density at radius 3 is 1.81 bits per heavy atom. The normalized spacial score (nSPS) is 11.2. The molecule has 0 N–H and O–H groups in total. The van der Waals surface area contributed by atoms with Crippen molar-refractivity contribution in [3.8, 4) is 39.6 Å². The van der Waals surface area contributed by atoms with Gasteiger partial charge in [0.2, 0.25) is 0 Å². The highest BCUT2D eigenvalue weighted by molar-refractivity contribution is 6.07. The zero-order valence-electron chi connectivity index (χ0n) is 20.0. The van der Waals surface area contributed by atoms with E-state index in [0.29, 0.717) is 5.82 Å². The van der Waals surface area contributed by atoms with Crippen molar-refractivity contribution in [1.29, 1.82) is 0 Å². The Hall–Kier alpha value is -5.09. The number of benzene rings is 4. The molecule has 7 rings (SSSR count). The third-order valence-corrected chi connectivity index (χ3v) is 6.68. The Morgan fingerprint density at radius 1 is 0.486 bits per heavy atom. The Morgan fingerprint density at radius 2 is 1.08 bits per heavy atom. The van der Waals surface area contributed by atoms with E-state index in [1.165, 1.54) is 5.39 Å². The largest absolute Gasteiger partial charge is 0.294 e. The third-order valence-electron chi connectivity index (χ3n) is 6.68. The lowest BCUT2D eigenvalue weighted by Crippen LogP contribution is -1.97. The van der Waals surface area contributed by atoms with Gasteiger partial charge in [-0.3, -0.25) is 4.57 Å². The number of hydrogen-bond donors (Lipinski definition) is 0. The van der Waals surface area contributed by atoms with Gasteiger partial charge in [-0.25, -0.2) is 15.0 Å². The highest BCUT2D eigenvalue weighted by Gasteiger charge is 2.14. The van der Waals surface area contributed by atoms with E-state index in [-0.39, 0.29) is 0 Å². The molecular weight excluding hydrogens is 452 g/mol. The summed E-state index contributed by atoms with van der Waals surface area (Å²) >= 11 is 0. The van der Waals surface area contributed by atoms with Crippen LogP contribution in [-0.4, -0.2) is 19.5 Å². The zero-order chi connectivity index (χ0) is 24.6. The van der Waals surface area contributed by atoms with Crippen LogP contribution in [0.1, 0.15) is 0 Å². The molecule has 0 aliphatic heterocycles. The predicted octanol–water partition coefficient (Wildman–Crippen LogP) is 7.97. The van der Waals surface area contributed by atoms with Crippen LogP contribution in [0.3, 0.4) is 0 Å². The first-order valence-electron chi connectivity index (χ1n) is 12.3. The standard InChI is InChI=1S/C33H22N4/c1-3-10-23(11-4-1)29-22-30(36-32(35-29)25-12-5-2-6-13-25)24-17-19-26(20-18-24)37-31-16-8-7-14-27(31)28-15-9-21-34-33(28)37/h1-22H. The topological polar surface area (TPSA) is 43.6 Å². The van der Waals surface area contributed by atoms with Crippen molar-refractivity contribution in [1.82, 2.24) is 19.5 Å². The second-order valence-electron chi connectivity index (χ2n) is 8.97. The van der Waals surface area contributed by atoms with Gasteiger partial charge in [0.05, 0.1) is 16.9 Å². The van der Waals surface area contributed by atoms with Gasteiger partial charge in [0.1, 0.15) is 5.65 Å². The number of rotatable bonds is 4. The minimum absolute atomic E-state index is 0.715. The summed E-state index contributed by atoms with van der Waals surface area (Å²) in [5.41, 5.74) is 8.05. The van der Waals surface area contributed by atoms with Gasteiger partial charge in [0.25, 0.3) is 0 Å². The summed E-state index contributed by atoms with van der Waals surface area (Å²) in [5, 5.41) is 2.35. The number of aromatic nitrogens is 4. The average Bonchev–Trinajstić information content (AvgIpc) is 3.32. The Labute approximate surface area is 214 Å². The molecule has 3 aromatic heterocycles. The number of pyridine rings is 1. The summed E-state index contributed by atoms with van der Waals surface area (Å²) in [4.78, 5) is 14.6. The maximum atomic E-state index is 4.96. The smallest absolute Gasteiger partial charge is 0.160 e. The van der Waals surface area contributed by atoms with Crippen LogP contribution in [-0.2, 0) is 0 Å². The van der Waals surface area contributed by atoms with E-state index in [1.54, 1.807) is 0 Å². The first-order chi connectivity index (χ1) is 18.3. The molecule has 0 bridgehead atoms. The van der Waals surface area contributed by atoms with Gasteiger partial charge in [-0.2, -0.15) is 0 Å². The van der Waals surface area contributed by atoms with E-state index >= 15 is 0 Å². The lowest BCUT2D eigenvalue weighted by atomic mass is 10.1. The first kappa shape index (κ1) is 21.2. The molecule has 7 aromatic rings. The SMILES string of the molecule is c1ccc(-c2cc(-c3ccc(-n4c5ccccc5c5cccnc54)cc3)nc(-c3ccccc3)n2)cc1. The average molecular weight is 475 g/mol. The van der Waals surface area contributed by atoms with Crippen molar-refractivity contribution in [2.24, 2.45) is 0 Å². The van der Waals surface area contributed by atoms with E-state index in [0.717, 1.165) is 50.3 Å². The summed E-state index contributed by atoms with van der Waals surface area (Å²) in [6, 6.07) is 43.6. The van der Waals surface area contributed by atoms with Gasteiger partial charge in [0, 0.05) is 39.3 Å². The number of hydrogen-bond acceptors (Lipinski definition) is 3. The fourth-order valence-electron chi connectivity index (χ4n) is 4.91. The van der Waals surface area contributed by atoms with Gasteiger partial charge in [0.15, 0.2) is 5.82 Å². The van der Waals surface area contributed by atoms with E-state index < -0.39 is 0 Å². The molecule has 0 radical (unpaired) electrons. The van der Waals surface area contributed by atoms with Crippen LogP contribution in [0.2, 0.25) is 0 Å². The molecule has 0 atom stereocenters. The molecule has 0 amide bonds. The molecule has 0 saturated heterocycles. The minimum Gasteiger partial charge on any atom is -0.294 e. The van der Waals surface area contributed by atoms with E-state index in [2.05, 4.69) is 77.4 Å². The lowest BCUT2D eigenvalue weighted by molar-refractivity contribution is 1.13. The molecule has 0 saturated carbocycles. The van der Waals surface area contributed by atoms with Gasteiger partial charge in [-0.15, -0.1) is 0 Å². The second-order valence-corrected chi connectivity index (χ2v) is 8.97. The number of fused-ring (bicyclic) bond motifs is 3. The van der Waals surface area contributed by atoms with Crippen LogP contribution in [0.15, 0.2) is 134 Å². The van der Waals surface area contributed by atoms with Crippen molar-refractivity contribution in [3.63, 3.8) is 0 Å². The Bertz CT molecular complexity index is 1740. The Kier molecular flexibility index (Phi) is 5.07. The summed E-state index contributed by atoms with van der Waals surface area (Å²) in [7, 11) is 0. The van der Waals surface area contributed by atoms with E-state index in [9.17, 15) is 0 Å². The molecule has 0 aliphatic rings. The summed E-state index contributed by atoms with van der Waals surface area (Å²) < 4.78 is 2.22. The van der Waals surface area contributed by atoms with Crippen LogP contribution in [0.25, 0.3) is 61.5 Å². The van der Waals surface area contributed by atoms with Crippen LogP contribution in [0.5, 0.6) is 0 Å². The highest BCUT2D eigenvalue weighted by atomic mass is 15.0. The van der Waals surface area contributed by atoms with Crippen molar-refractivity contribution in [2.45, 2.75) is 0 Å². The molecule has 4 heteroatoms. The zero-order valence-corrected chi connectivity index (χ0v) is 20.0. The molecule has 0 aliphatic carbocycles. The van der Waals surface area contributed by atoms with Crippen molar-refractivity contribution in [3.05, 3.63) is 134 Å². The second kappa shape index (κ2) is 8.85. The summed E-state index contributed by atoms with van der Waals surface area (Å²) in [5.74, 6) is 0.715. The third kappa shape index (κ3) is 3.76. The van der Waals surface area contributed by atoms with Crippen molar-refractivity contribution < 1.29 is 0 Å². The maximum absolute atomic E-state index is 4.96. The van der Waals surface area contributed by atoms with Gasteiger partial charge in [-0.05, 0) is 36.4 Å². The van der Waals surface area contributed by atoms with Crippen LogP contribution >= 0.6 is 0 Å². The quantitative estimate of drug-likeness (QED) is 0.260. The van der Waals surface area contributed by atoms with E-state index in [4.69, 9.17) is 15.0 Å². The summed E-state index contributed by atoms with van der Waals surface area (Å²) in [6.45, 7) is 0. The van der Waals surface area contributed by atoms with Crippen molar-refractivity contribution >= 4 is 21.9 Å². The molecule has 0 unspecified atom stereocenters. The molecule has 0 spiro atoms. The fourth-order valence-corrected chi connectivity index (χ4v) is 4.91. The molecule has 4 nitrogen and oxygen atoms in total. The first-order valence-corrected chi connectivity index (χ1v) is 12.3. The number of nitrogens with zero attached hydrogens (tertiary/aromatic N) is 4. The summed E-state index contributed by atoms with van der Waals surface area (Å²) in [6.07, 6.45) is 1.85. The lowest BCUT2D eigenvalue weighted by Gasteiger charge is -2.11. The van der Waals surface area contributed by atoms with Crippen LogP contribution in [0, 0.1) is 0 Å². The van der Waals surface area contributed by atoms with Gasteiger partial charge in [-0.1, -0.05) is 91.0 Å². The molecule has 3 heterocycles. The van der Waals surface area contributed by atoms with Crippen LogP contribution in [0.4, 0.5) is 0 Å². The monoisotopic (exact) mass is 474 g/mol. The molecule has 174 valence electrons. The minimum atomic E-state index is 0.715. The van der Waals surface area contributed by atoms with Crippen LogP contribution < -0.4 is 0 Å². The molecule has 4 aromatic carbocycles. The Balaban J connectivity index is 1.37. The molecular formula is C33H22N4. The van der Waals surface area contributed by atoms with E-state index in [1.807, 2.05) is 60.8 Å². The fraction of sp³-hybridized carbons (Fsp3) is 0. The van der Waals surface area contributed by atoms with Gasteiger partial charge >= 0.3 is 0 Å². The number of para-hydroxylation sites is 1. The maximum Gasteiger partial charge on any atom is 0.160 e. The predicted molar refractivity (Wildman–Crippen MR) is 150 cm³/mol. The highest BCUT2D eigenvalue weighted by Crippen LogP contribution is 2.32. The van der Waals surface area contributed by atoms with Gasteiger partial charge < -0.3 is 0 Å².